The SMILES string of the molecule is CC(c1ccc(C#N)cn1)n1c(N2CC[C@H]3OCCN[C@@H]3C2)nc2cc(F)cc(F)c21. The van der Waals surface area contributed by atoms with Crippen LogP contribution >= 0.6 is 0 Å². The number of pyridine rings is 1. The largest absolute Gasteiger partial charge is 0.375 e. The van der Waals surface area contributed by atoms with Crippen LogP contribution in [0.4, 0.5) is 14.7 Å². The van der Waals surface area contributed by atoms with Crippen molar-refractivity contribution in [2.24, 2.45) is 0 Å². The zero-order valence-electron chi connectivity index (χ0n) is 17.1. The van der Waals surface area contributed by atoms with Crippen LogP contribution in [0, 0.1) is 23.0 Å². The van der Waals surface area contributed by atoms with Gasteiger partial charge in [0.25, 0.3) is 0 Å². The molecule has 2 fully saturated rings. The highest BCUT2D eigenvalue weighted by atomic mass is 19.1. The summed E-state index contributed by atoms with van der Waals surface area (Å²) >= 11 is 0. The highest BCUT2D eigenvalue weighted by Crippen LogP contribution is 2.33. The number of morpholine rings is 1. The molecule has 2 saturated heterocycles. The van der Waals surface area contributed by atoms with Gasteiger partial charge in [0, 0.05) is 38.0 Å². The Morgan fingerprint density at radius 1 is 1.32 bits per heavy atom. The van der Waals surface area contributed by atoms with Crippen LogP contribution in [0.15, 0.2) is 30.5 Å². The van der Waals surface area contributed by atoms with Crippen molar-refractivity contribution in [1.82, 2.24) is 19.9 Å². The summed E-state index contributed by atoms with van der Waals surface area (Å²) in [6.07, 6.45) is 2.46. The number of imidazole rings is 1. The molecule has 5 rings (SSSR count). The molecule has 4 heterocycles. The number of anilines is 1. The second kappa shape index (κ2) is 7.87. The summed E-state index contributed by atoms with van der Waals surface area (Å²) in [5.74, 6) is -0.751. The van der Waals surface area contributed by atoms with E-state index in [9.17, 15) is 8.78 Å². The lowest BCUT2D eigenvalue weighted by molar-refractivity contribution is -0.0137. The summed E-state index contributed by atoms with van der Waals surface area (Å²) in [7, 11) is 0. The second-order valence-electron chi connectivity index (χ2n) is 8.00. The number of hydrogen-bond donors (Lipinski definition) is 1. The normalized spacial score (nSPS) is 22.2. The molecule has 7 nitrogen and oxygen atoms in total. The van der Waals surface area contributed by atoms with Gasteiger partial charge < -0.3 is 15.0 Å². The molecule has 2 aliphatic rings. The minimum Gasteiger partial charge on any atom is -0.375 e. The molecule has 0 bridgehead atoms. The van der Waals surface area contributed by atoms with Gasteiger partial charge in [0.15, 0.2) is 5.82 Å². The molecule has 1 N–H and O–H groups in total. The lowest BCUT2D eigenvalue weighted by Gasteiger charge is -2.42. The quantitative estimate of drug-likeness (QED) is 0.697. The molecule has 3 atom stereocenters. The Balaban J connectivity index is 1.60. The average molecular weight is 424 g/mol. The van der Waals surface area contributed by atoms with Crippen molar-refractivity contribution in [3.05, 3.63) is 53.4 Å². The molecule has 0 radical (unpaired) electrons. The van der Waals surface area contributed by atoms with Gasteiger partial charge in [0.05, 0.1) is 41.6 Å². The van der Waals surface area contributed by atoms with E-state index in [1.54, 1.807) is 16.7 Å². The maximum Gasteiger partial charge on any atom is 0.207 e. The second-order valence-corrected chi connectivity index (χ2v) is 8.00. The molecule has 2 aliphatic heterocycles. The first-order valence-corrected chi connectivity index (χ1v) is 10.4. The van der Waals surface area contributed by atoms with Gasteiger partial charge in [0.2, 0.25) is 5.95 Å². The molecular weight excluding hydrogens is 402 g/mol. The van der Waals surface area contributed by atoms with E-state index >= 15 is 0 Å². The average Bonchev–Trinajstić information content (AvgIpc) is 3.18. The number of nitriles is 1. The number of halogens is 2. The van der Waals surface area contributed by atoms with Crippen molar-refractivity contribution in [3.8, 4) is 6.07 Å². The van der Waals surface area contributed by atoms with E-state index in [1.165, 1.54) is 12.3 Å². The predicted molar refractivity (Wildman–Crippen MR) is 111 cm³/mol. The van der Waals surface area contributed by atoms with Gasteiger partial charge in [-0.1, -0.05) is 0 Å². The van der Waals surface area contributed by atoms with Crippen molar-refractivity contribution < 1.29 is 13.5 Å². The van der Waals surface area contributed by atoms with E-state index in [1.807, 2.05) is 6.92 Å². The van der Waals surface area contributed by atoms with E-state index in [0.29, 0.717) is 36.9 Å². The Morgan fingerprint density at radius 3 is 2.97 bits per heavy atom. The summed E-state index contributed by atoms with van der Waals surface area (Å²) in [5, 5.41) is 12.5. The zero-order chi connectivity index (χ0) is 21.5. The van der Waals surface area contributed by atoms with Crippen LogP contribution < -0.4 is 10.2 Å². The molecule has 160 valence electrons. The molecule has 3 aromatic rings. The lowest BCUT2D eigenvalue weighted by atomic mass is 10.0. The van der Waals surface area contributed by atoms with Crippen molar-refractivity contribution in [2.75, 3.05) is 31.1 Å². The number of rotatable bonds is 3. The number of aromatic nitrogens is 3. The standard InChI is InChI=1S/C22H22F2N6O/c1-13(17-3-2-14(10-25)11-27-17)30-21-16(24)8-15(23)9-18(21)28-22(30)29-6-4-20-19(12-29)26-5-7-31-20/h2-3,8-9,11,13,19-20,26H,4-7,12H2,1H3/t13?,19-,20-/m1/s1. The number of nitrogens with zero attached hydrogens (tertiary/aromatic N) is 5. The van der Waals surface area contributed by atoms with Crippen LogP contribution in [0.5, 0.6) is 0 Å². The van der Waals surface area contributed by atoms with Crippen LogP contribution in [-0.2, 0) is 4.74 Å². The van der Waals surface area contributed by atoms with E-state index < -0.39 is 11.6 Å². The first kappa shape index (κ1) is 19.8. The maximum absolute atomic E-state index is 14.9. The molecule has 0 saturated carbocycles. The van der Waals surface area contributed by atoms with Crippen LogP contribution in [0.1, 0.15) is 30.6 Å². The van der Waals surface area contributed by atoms with Gasteiger partial charge in [0.1, 0.15) is 17.4 Å². The Labute approximate surface area is 178 Å². The highest BCUT2D eigenvalue weighted by Gasteiger charge is 2.35. The number of hydrogen-bond acceptors (Lipinski definition) is 6. The van der Waals surface area contributed by atoms with Crippen molar-refractivity contribution in [2.45, 2.75) is 31.5 Å². The number of benzene rings is 1. The fourth-order valence-corrected chi connectivity index (χ4v) is 4.54. The fourth-order valence-electron chi connectivity index (χ4n) is 4.54. The smallest absolute Gasteiger partial charge is 0.207 e. The van der Waals surface area contributed by atoms with Gasteiger partial charge in [-0.15, -0.1) is 0 Å². The van der Waals surface area contributed by atoms with E-state index in [4.69, 9.17) is 10.00 Å². The molecule has 31 heavy (non-hydrogen) atoms. The highest BCUT2D eigenvalue weighted by molar-refractivity contribution is 5.80. The van der Waals surface area contributed by atoms with E-state index in [2.05, 4.69) is 26.3 Å². The predicted octanol–water partition coefficient (Wildman–Crippen LogP) is 2.76. The molecule has 1 unspecified atom stereocenters. The minimum atomic E-state index is -0.664. The third-order valence-corrected chi connectivity index (χ3v) is 6.09. The molecule has 0 spiro atoms. The summed E-state index contributed by atoms with van der Waals surface area (Å²) in [4.78, 5) is 11.1. The van der Waals surface area contributed by atoms with Crippen LogP contribution in [-0.4, -0.2) is 52.9 Å². The Morgan fingerprint density at radius 2 is 2.19 bits per heavy atom. The Hall–Kier alpha value is -3.09. The molecule has 0 amide bonds. The van der Waals surface area contributed by atoms with E-state index in [0.717, 1.165) is 19.0 Å². The summed E-state index contributed by atoms with van der Waals surface area (Å²) in [6, 6.07) is 7.40. The minimum absolute atomic E-state index is 0.148. The van der Waals surface area contributed by atoms with Crippen molar-refractivity contribution in [3.63, 3.8) is 0 Å². The summed E-state index contributed by atoms with van der Waals surface area (Å²) in [6.45, 7) is 4.74. The number of fused-ring (bicyclic) bond motifs is 2. The van der Waals surface area contributed by atoms with Crippen LogP contribution in [0.25, 0.3) is 11.0 Å². The van der Waals surface area contributed by atoms with Gasteiger partial charge in [-0.3, -0.25) is 9.55 Å². The third-order valence-electron chi connectivity index (χ3n) is 6.09. The number of ether oxygens (including phenoxy) is 1. The van der Waals surface area contributed by atoms with Crippen LogP contribution in [0.3, 0.4) is 0 Å². The van der Waals surface area contributed by atoms with E-state index in [-0.39, 0.29) is 29.2 Å². The van der Waals surface area contributed by atoms with Gasteiger partial charge in [-0.05, 0) is 25.5 Å². The molecule has 2 aromatic heterocycles. The number of piperidine rings is 1. The molecular formula is C22H22F2N6O. The third kappa shape index (κ3) is 3.52. The molecule has 9 heteroatoms. The monoisotopic (exact) mass is 424 g/mol. The van der Waals surface area contributed by atoms with Crippen LogP contribution in [0.2, 0.25) is 0 Å². The van der Waals surface area contributed by atoms with Gasteiger partial charge in [-0.2, -0.15) is 5.26 Å². The summed E-state index contributed by atoms with van der Waals surface area (Å²) in [5.41, 5.74) is 1.62. The zero-order valence-corrected chi connectivity index (χ0v) is 17.1. The first-order chi connectivity index (χ1) is 15.0. The molecule has 0 aliphatic carbocycles. The van der Waals surface area contributed by atoms with Gasteiger partial charge in [-0.25, -0.2) is 13.8 Å². The topological polar surface area (TPSA) is 79.0 Å². The molecule has 1 aromatic carbocycles. The fraction of sp³-hybridized carbons (Fsp3) is 0.409. The van der Waals surface area contributed by atoms with Crippen molar-refractivity contribution in [1.29, 1.82) is 5.26 Å². The Bertz CT molecular complexity index is 1160. The lowest BCUT2D eigenvalue weighted by Crippen LogP contribution is -2.58. The first-order valence-electron chi connectivity index (χ1n) is 10.4. The maximum atomic E-state index is 14.9. The van der Waals surface area contributed by atoms with Gasteiger partial charge >= 0.3 is 0 Å². The Kier molecular flexibility index (Phi) is 5.04. The van der Waals surface area contributed by atoms with Crippen molar-refractivity contribution >= 4 is 17.0 Å². The number of nitrogens with one attached hydrogen (secondary N) is 1. The summed E-state index contributed by atoms with van der Waals surface area (Å²) < 4.78 is 36.5.